The number of benzene rings is 1. The molecule has 4 heteroatoms. The molecule has 0 bridgehead atoms. The van der Waals surface area contributed by atoms with Crippen LogP contribution in [-0.4, -0.2) is 5.11 Å². The largest absolute Gasteiger partial charge is 0.506 e. The zero-order valence-electron chi connectivity index (χ0n) is 4.74. The van der Waals surface area contributed by atoms with Crippen molar-refractivity contribution in [2.75, 3.05) is 0 Å². The zero-order valence-corrected chi connectivity index (χ0v) is 7.08. The maximum absolute atomic E-state index is 12.4. The summed E-state index contributed by atoms with van der Waals surface area (Å²) < 4.78 is 12.7. The Bertz CT molecular complexity index is 241. The second kappa shape index (κ2) is 2.76. The van der Waals surface area contributed by atoms with Gasteiger partial charge in [-0.1, -0.05) is 11.6 Å². The summed E-state index contributed by atoms with van der Waals surface area (Å²) in [5.74, 6) is -0.776. The Hall–Kier alpha value is -0.280. The molecule has 0 saturated heterocycles. The third-order valence-electron chi connectivity index (χ3n) is 0.974. The van der Waals surface area contributed by atoms with Crippen molar-refractivity contribution in [2.45, 2.75) is 0 Å². The number of hydrogen-bond acceptors (Lipinski definition) is 1. The summed E-state index contributed by atoms with van der Waals surface area (Å²) in [5, 5.41) is 9.01. The van der Waals surface area contributed by atoms with Crippen molar-refractivity contribution in [3.63, 3.8) is 0 Å². The van der Waals surface area contributed by atoms with E-state index >= 15 is 0 Å². The monoisotopic (exact) mass is 224 g/mol. The van der Waals surface area contributed by atoms with Crippen molar-refractivity contribution in [3.8, 4) is 5.75 Å². The highest BCUT2D eigenvalue weighted by atomic mass is 79.9. The first kappa shape index (κ1) is 7.82. The van der Waals surface area contributed by atoms with Gasteiger partial charge in [-0.15, -0.1) is 0 Å². The van der Waals surface area contributed by atoms with Crippen LogP contribution in [0.25, 0.3) is 0 Å². The van der Waals surface area contributed by atoms with Crippen LogP contribution >= 0.6 is 27.5 Å². The highest BCUT2D eigenvalue weighted by Gasteiger charge is 2.04. The molecule has 0 aliphatic heterocycles. The first-order chi connectivity index (χ1) is 4.61. The molecule has 0 atom stereocenters. The molecule has 0 aliphatic rings. The van der Waals surface area contributed by atoms with Crippen LogP contribution < -0.4 is 0 Å². The number of phenolic OH excluding ortho intramolecular Hbond substituents is 1. The predicted octanol–water partition coefficient (Wildman–Crippen LogP) is 2.95. The third kappa shape index (κ3) is 1.41. The van der Waals surface area contributed by atoms with E-state index in [1.54, 1.807) is 0 Å². The van der Waals surface area contributed by atoms with E-state index in [1.807, 2.05) is 0 Å². The second-order valence-electron chi connectivity index (χ2n) is 1.72. The van der Waals surface area contributed by atoms with Crippen LogP contribution in [0.4, 0.5) is 4.39 Å². The molecule has 1 aromatic rings. The Labute approximate surface area is 70.6 Å². The zero-order chi connectivity index (χ0) is 7.72. The van der Waals surface area contributed by atoms with E-state index in [-0.39, 0.29) is 10.8 Å². The fourth-order valence-electron chi connectivity index (χ4n) is 0.542. The smallest absolute Gasteiger partial charge is 0.138 e. The van der Waals surface area contributed by atoms with Gasteiger partial charge in [-0.3, -0.25) is 0 Å². The van der Waals surface area contributed by atoms with Gasteiger partial charge in [0.05, 0.1) is 5.02 Å². The number of aromatic hydroxyl groups is 1. The molecule has 1 N–H and O–H groups in total. The summed E-state index contributed by atoms with van der Waals surface area (Å²) in [5.41, 5.74) is 0. The Morgan fingerprint density at radius 3 is 2.60 bits per heavy atom. The number of rotatable bonds is 0. The lowest BCUT2D eigenvalue weighted by Gasteiger charge is -1.97. The first-order valence-corrected chi connectivity index (χ1v) is 3.62. The molecule has 0 unspecified atom stereocenters. The van der Waals surface area contributed by atoms with Crippen molar-refractivity contribution in [1.82, 2.24) is 0 Å². The minimum atomic E-state index is -0.520. The minimum absolute atomic E-state index is 0.126. The summed E-state index contributed by atoms with van der Waals surface area (Å²) in [6.07, 6.45) is 0. The molecule has 0 fully saturated rings. The van der Waals surface area contributed by atoms with Crippen LogP contribution in [0.1, 0.15) is 0 Å². The van der Waals surface area contributed by atoms with Crippen LogP contribution in [0.2, 0.25) is 5.02 Å². The number of halogens is 3. The number of phenols is 1. The van der Waals surface area contributed by atoms with Crippen LogP contribution in [0.15, 0.2) is 16.6 Å². The van der Waals surface area contributed by atoms with Gasteiger partial charge in [-0.2, -0.15) is 0 Å². The van der Waals surface area contributed by atoms with Crippen LogP contribution in [0.5, 0.6) is 5.75 Å². The topological polar surface area (TPSA) is 20.2 Å². The molecule has 0 aliphatic carbocycles. The van der Waals surface area contributed by atoms with Crippen molar-refractivity contribution in [3.05, 3.63) is 27.4 Å². The molecule has 0 heterocycles. The van der Waals surface area contributed by atoms with Gasteiger partial charge in [0, 0.05) is 10.5 Å². The Kier molecular flexibility index (Phi) is 2.16. The average molecular weight is 225 g/mol. The summed E-state index contributed by atoms with van der Waals surface area (Å²) in [4.78, 5) is 0. The fourth-order valence-corrected chi connectivity index (χ4v) is 1.07. The fraction of sp³-hybridized carbons (Fsp3) is 0. The Morgan fingerprint density at radius 1 is 1.50 bits per heavy atom. The Balaban J connectivity index is 3.31. The summed E-state index contributed by atoms with van der Waals surface area (Å²) >= 11 is 8.45. The Morgan fingerprint density at radius 2 is 2.10 bits per heavy atom. The van der Waals surface area contributed by atoms with Crippen molar-refractivity contribution in [2.24, 2.45) is 0 Å². The predicted molar refractivity (Wildman–Crippen MR) is 40.8 cm³/mol. The molecule has 10 heavy (non-hydrogen) atoms. The molecule has 0 spiro atoms. The normalized spacial score (nSPS) is 9.90. The highest BCUT2D eigenvalue weighted by molar-refractivity contribution is 9.10. The van der Waals surface area contributed by atoms with Crippen LogP contribution in [0, 0.1) is 5.82 Å². The summed E-state index contributed by atoms with van der Waals surface area (Å²) in [7, 11) is 0. The quantitative estimate of drug-likeness (QED) is 0.673. The van der Waals surface area contributed by atoms with E-state index in [0.717, 1.165) is 6.07 Å². The van der Waals surface area contributed by atoms with E-state index in [0.29, 0.717) is 4.47 Å². The van der Waals surface area contributed by atoms with Gasteiger partial charge < -0.3 is 5.11 Å². The molecular weight excluding hydrogens is 222 g/mol. The molecule has 1 aromatic carbocycles. The second-order valence-corrected chi connectivity index (χ2v) is 2.95. The lowest BCUT2D eigenvalue weighted by molar-refractivity contribution is 0.469. The molecule has 1 nitrogen and oxygen atoms in total. The van der Waals surface area contributed by atoms with Crippen molar-refractivity contribution >= 4 is 27.5 Å². The molecule has 0 amide bonds. The molecular formula is C6H3BrClFO. The third-order valence-corrected chi connectivity index (χ3v) is 2.22. The van der Waals surface area contributed by atoms with E-state index in [2.05, 4.69) is 15.9 Å². The molecule has 0 aromatic heterocycles. The van der Waals surface area contributed by atoms with Gasteiger partial charge in [-0.05, 0) is 22.0 Å². The standard InChI is InChI=1S/C6H3BrClFO/c7-4-1-3(9)2-5(10)6(4)8/h1-2,10H. The van der Waals surface area contributed by atoms with Gasteiger partial charge in [0.15, 0.2) is 0 Å². The first-order valence-electron chi connectivity index (χ1n) is 2.45. The van der Waals surface area contributed by atoms with E-state index in [4.69, 9.17) is 16.7 Å². The van der Waals surface area contributed by atoms with Gasteiger partial charge in [-0.25, -0.2) is 4.39 Å². The average Bonchev–Trinajstić information content (AvgIpc) is 1.82. The van der Waals surface area contributed by atoms with Gasteiger partial charge in [0.1, 0.15) is 11.6 Å². The summed E-state index contributed by atoms with van der Waals surface area (Å²) in [6.45, 7) is 0. The lowest BCUT2D eigenvalue weighted by Crippen LogP contribution is -1.75. The number of hydrogen-bond donors (Lipinski definition) is 1. The van der Waals surface area contributed by atoms with E-state index < -0.39 is 5.82 Å². The SMILES string of the molecule is Oc1cc(F)cc(Br)c1Cl. The van der Waals surface area contributed by atoms with Crippen molar-refractivity contribution < 1.29 is 9.50 Å². The highest BCUT2D eigenvalue weighted by Crippen LogP contribution is 2.31. The van der Waals surface area contributed by atoms with Crippen LogP contribution in [0.3, 0.4) is 0 Å². The molecule has 1 rings (SSSR count). The summed E-state index contributed by atoms with van der Waals surface area (Å²) in [6, 6.07) is 2.13. The molecule has 0 radical (unpaired) electrons. The van der Waals surface area contributed by atoms with E-state index in [9.17, 15) is 4.39 Å². The van der Waals surface area contributed by atoms with Gasteiger partial charge in [0.2, 0.25) is 0 Å². The van der Waals surface area contributed by atoms with Crippen LogP contribution in [-0.2, 0) is 0 Å². The van der Waals surface area contributed by atoms with Gasteiger partial charge >= 0.3 is 0 Å². The molecule has 0 saturated carbocycles. The maximum atomic E-state index is 12.4. The maximum Gasteiger partial charge on any atom is 0.138 e. The van der Waals surface area contributed by atoms with Gasteiger partial charge in [0.25, 0.3) is 0 Å². The van der Waals surface area contributed by atoms with Crippen molar-refractivity contribution in [1.29, 1.82) is 0 Å². The lowest BCUT2D eigenvalue weighted by atomic mass is 10.3. The van der Waals surface area contributed by atoms with E-state index in [1.165, 1.54) is 6.07 Å². The molecule has 54 valence electrons. The minimum Gasteiger partial charge on any atom is -0.506 e.